The third-order valence-corrected chi connectivity index (χ3v) is 10.6. The Morgan fingerprint density at radius 1 is 0.615 bits per heavy atom. The number of nitrogens with zero attached hydrogens (tertiary/aromatic N) is 7. The van der Waals surface area contributed by atoms with Crippen molar-refractivity contribution in [2.24, 2.45) is 0 Å². The molecule has 21 nitrogen and oxygen atoms in total. The average Bonchev–Trinajstić information content (AvgIpc) is 3.96. The number of carbonyl (C=O) groups excluding carboxylic acids is 8. The fourth-order valence-corrected chi connectivity index (χ4v) is 7.34. The SMILES string of the molecule is O=C(CCOCCOCCN(CCOCCOCCC(=O)ON1C(=O)CCC1=O)C(=O)CCC(=O)N1Cc2ccccc2-c2nnn(CCP)c2-c2ccccc21)ON1C(=O)CCC1=O. The molecule has 1 unspecified atom stereocenters. The number of anilines is 1. The first-order valence-corrected chi connectivity index (χ1v) is 22.2. The zero-order chi connectivity index (χ0) is 46.1. The number of aryl methyl sites for hydroxylation is 1. The minimum Gasteiger partial charge on any atom is -0.378 e. The van der Waals surface area contributed by atoms with Crippen LogP contribution in [0.1, 0.15) is 56.9 Å². The van der Waals surface area contributed by atoms with Gasteiger partial charge in [0.05, 0.1) is 83.6 Å². The van der Waals surface area contributed by atoms with Gasteiger partial charge in [0, 0.05) is 69.3 Å². The number of rotatable bonds is 25. The van der Waals surface area contributed by atoms with Gasteiger partial charge in [-0.3, -0.25) is 28.8 Å². The van der Waals surface area contributed by atoms with E-state index in [-0.39, 0.29) is 136 Å². The second-order valence-electron chi connectivity index (χ2n) is 14.9. The number of amides is 6. The van der Waals surface area contributed by atoms with Crippen molar-refractivity contribution in [3.63, 3.8) is 0 Å². The molecular weight excluding hydrogens is 869 g/mol. The highest BCUT2D eigenvalue weighted by molar-refractivity contribution is 7.16. The molecule has 22 heteroatoms. The first kappa shape index (κ1) is 48.5. The van der Waals surface area contributed by atoms with Crippen LogP contribution in [-0.2, 0) is 80.1 Å². The summed E-state index contributed by atoms with van der Waals surface area (Å²) in [4.78, 5) is 112. The van der Waals surface area contributed by atoms with Gasteiger partial charge in [-0.2, -0.15) is 0 Å². The summed E-state index contributed by atoms with van der Waals surface area (Å²) in [5, 5.41) is 9.97. The maximum Gasteiger partial charge on any atom is 0.335 e. The fourth-order valence-electron chi connectivity index (χ4n) is 7.10. The van der Waals surface area contributed by atoms with E-state index in [0.717, 1.165) is 34.2 Å². The Kier molecular flexibility index (Phi) is 18.1. The summed E-state index contributed by atoms with van der Waals surface area (Å²) in [5.41, 5.74) is 4.77. The van der Waals surface area contributed by atoms with Gasteiger partial charge in [0.1, 0.15) is 5.69 Å². The minimum absolute atomic E-state index is 0.00387. The highest BCUT2D eigenvalue weighted by Gasteiger charge is 2.34. The van der Waals surface area contributed by atoms with Gasteiger partial charge in [0.15, 0.2) is 0 Å². The van der Waals surface area contributed by atoms with Gasteiger partial charge in [-0.15, -0.1) is 24.5 Å². The van der Waals surface area contributed by atoms with Gasteiger partial charge >= 0.3 is 11.9 Å². The van der Waals surface area contributed by atoms with Crippen LogP contribution < -0.4 is 4.90 Å². The van der Waals surface area contributed by atoms with Crippen LogP contribution in [0.15, 0.2) is 48.5 Å². The van der Waals surface area contributed by atoms with Crippen LogP contribution in [0.25, 0.3) is 22.5 Å². The molecule has 0 saturated carbocycles. The van der Waals surface area contributed by atoms with Crippen LogP contribution in [0.3, 0.4) is 0 Å². The first-order chi connectivity index (χ1) is 31.5. The highest BCUT2D eigenvalue weighted by atomic mass is 31.0. The molecule has 3 aliphatic heterocycles. The lowest BCUT2D eigenvalue weighted by molar-refractivity contribution is -0.198. The number of hydroxylamine groups is 4. The normalized spacial score (nSPS) is 14.5. The van der Waals surface area contributed by atoms with Crippen LogP contribution in [-0.4, -0.2) is 150 Å². The van der Waals surface area contributed by atoms with Crippen molar-refractivity contribution in [1.29, 1.82) is 0 Å². The minimum atomic E-state index is -0.781. The molecule has 2 fully saturated rings. The van der Waals surface area contributed by atoms with E-state index < -0.39 is 35.6 Å². The maximum atomic E-state index is 14.2. The number of fused-ring (bicyclic) bond motifs is 5. The van der Waals surface area contributed by atoms with E-state index in [4.69, 9.17) is 28.6 Å². The number of ether oxygens (including phenoxy) is 4. The van der Waals surface area contributed by atoms with E-state index in [1.54, 1.807) is 9.80 Å². The van der Waals surface area contributed by atoms with E-state index in [1.807, 2.05) is 53.2 Å². The zero-order valence-electron chi connectivity index (χ0n) is 35.9. The number of benzene rings is 2. The molecular formula is C43H52N7O14P. The van der Waals surface area contributed by atoms with Gasteiger partial charge in [-0.25, -0.2) is 14.3 Å². The number of hydrogen-bond acceptors (Lipinski definition) is 16. The van der Waals surface area contributed by atoms with Crippen LogP contribution in [0.5, 0.6) is 0 Å². The molecule has 0 spiro atoms. The lowest BCUT2D eigenvalue weighted by Gasteiger charge is -2.29. The standard InChI is InChI=1S/C43H52N7O14P/c51-34(9-10-35(52)47-29-30-5-1-2-6-31(30)42-43(48(19-28-65)45-44-42)32-7-3-4-8-33(32)47)46(17-22-61-26-24-59-20-15-40(57)63-49-36(53)11-12-37(49)54)18-23-62-27-25-60-21-16-41(58)64-50-38(55)13-14-39(50)56/h1-8H,9-29,65H2. The molecule has 2 saturated heterocycles. The predicted molar refractivity (Wildman–Crippen MR) is 229 cm³/mol. The van der Waals surface area contributed by atoms with E-state index in [9.17, 15) is 38.4 Å². The van der Waals surface area contributed by atoms with Gasteiger partial charge in [-0.1, -0.05) is 47.7 Å². The number of imide groups is 2. The third-order valence-electron chi connectivity index (χ3n) is 10.4. The van der Waals surface area contributed by atoms with Gasteiger partial charge in [-0.05, 0) is 17.8 Å². The van der Waals surface area contributed by atoms with Crippen molar-refractivity contribution in [3.8, 4) is 22.5 Å². The van der Waals surface area contributed by atoms with Crippen molar-refractivity contribution < 1.29 is 67.0 Å². The number of para-hydroxylation sites is 1. The Bertz CT molecular complexity index is 2120. The molecule has 6 amide bonds. The van der Waals surface area contributed by atoms with Gasteiger partial charge in [0.2, 0.25) is 11.8 Å². The maximum absolute atomic E-state index is 14.2. The van der Waals surface area contributed by atoms with E-state index in [2.05, 4.69) is 19.6 Å². The topological polar surface area (TPSA) is 236 Å². The zero-order valence-corrected chi connectivity index (χ0v) is 37.0. The molecule has 3 aromatic rings. The summed E-state index contributed by atoms with van der Waals surface area (Å²) in [6.07, 6.45) is 0.176. The Morgan fingerprint density at radius 2 is 1.12 bits per heavy atom. The Balaban J connectivity index is 0.997. The lowest BCUT2D eigenvalue weighted by atomic mass is 9.95. The highest BCUT2D eigenvalue weighted by Crippen LogP contribution is 2.41. The molecule has 6 rings (SSSR count). The monoisotopic (exact) mass is 921 g/mol. The third kappa shape index (κ3) is 13.3. The Labute approximate surface area is 376 Å². The summed E-state index contributed by atoms with van der Waals surface area (Å²) in [6, 6.07) is 15.4. The van der Waals surface area contributed by atoms with Crippen molar-refractivity contribution in [1.82, 2.24) is 30.0 Å². The molecule has 65 heavy (non-hydrogen) atoms. The molecule has 1 aromatic heterocycles. The van der Waals surface area contributed by atoms with Crippen molar-refractivity contribution in [2.75, 3.05) is 77.0 Å². The van der Waals surface area contributed by atoms with Crippen LogP contribution in [0, 0.1) is 0 Å². The molecule has 4 heterocycles. The van der Waals surface area contributed by atoms with Gasteiger partial charge < -0.3 is 38.4 Å². The summed E-state index contributed by atoms with van der Waals surface area (Å²) < 4.78 is 24.1. The number of carbonyl (C=O) groups is 8. The lowest BCUT2D eigenvalue weighted by Crippen LogP contribution is -2.38. The molecule has 0 radical (unpaired) electrons. The van der Waals surface area contributed by atoms with Crippen molar-refractivity contribution >= 4 is 62.3 Å². The molecule has 1 atom stereocenters. The van der Waals surface area contributed by atoms with Crippen molar-refractivity contribution in [2.45, 2.75) is 64.5 Å². The number of hydrogen-bond donors (Lipinski definition) is 0. The molecule has 0 aliphatic carbocycles. The van der Waals surface area contributed by atoms with E-state index in [0.29, 0.717) is 22.4 Å². The fraction of sp³-hybridized carbons (Fsp3) is 0.488. The first-order valence-electron chi connectivity index (χ1n) is 21.4. The van der Waals surface area contributed by atoms with Crippen LogP contribution in [0.4, 0.5) is 5.69 Å². The quantitative estimate of drug-likeness (QED) is 0.0671. The van der Waals surface area contributed by atoms with E-state index in [1.165, 1.54) is 0 Å². The van der Waals surface area contributed by atoms with Crippen molar-refractivity contribution in [3.05, 3.63) is 54.1 Å². The Hall–Kier alpha value is -5.99. The largest absolute Gasteiger partial charge is 0.378 e. The molecule has 3 aliphatic rings. The van der Waals surface area contributed by atoms with Crippen LogP contribution >= 0.6 is 9.24 Å². The summed E-state index contributed by atoms with van der Waals surface area (Å²) >= 11 is 0. The molecule has 0 bridgehead atoms. The predicted octanol–water partition coefficient (Wildman–Crippen LogP) is 2.00. The van der Waals surface area contributed by atoms with Gasteiger partial charge in [0.25, 0.3) is 23.6 Å². The number of aromatic nitrogens is 3. The Morgan fingerprint density at radius 3 is 1.68 bits per heavy atom. The summed E-state index contributed by atoms with van der Waals surface area (Å²) in [6.45, 7) is 1.85. The van der Waals surface area contributed by atoms with Crippen LogP contribution in [0.2, 0.25) is 0 Å². The molecule has 0 N–H and O–H groups in total. The average molecular weight is 922 g/mol. The summed E-state index contributed by atoms with van der Waals surface area (Å²) in [7, 11) is 2.70. The van der Waals surface area contributed by atoms with E-state index >= 15 is 0 Å². The smallest absolute Gasteiger partial charge is 0.335 e. The molecule has 2 aromatic carbocycles. The second-order valence-corrected chi connectivity index (χ2v) is 15.5. The second kappa shape index (κ2) is 24.3. The molecule has 348 valence electrons. The summed E-state index contributed by atoms with van der Waals surface area (Å²) in [5.74, 6) is -4.39.